The first kappa shape index (κ1) is 14.8. The second kappa shape index (κ2) is 6.73. The molecule has 0 spiro atoms. The molecule has 0 saturated heterocycles. The normalized spacial score (nSPS) is 9.76. The molecule has 0 saturated carbocycles. The molecule has 0 atom stereocenters. The molecule has 106 valence electrons. The van der Waals surface area contributed by atoms with Gasteiger partial charge in [0, 0.05) is 16.8 Å². The molecular formula is C15H10ClFN2O2. The van der Waals surface area contributed by atoms with Gasteiger partial charge in [-0.2, -0.15) is 5.26 Å². The van der Waals surface area contributed by atoms with Gasteiger partial charge >= 0.3 is 0 Å². The highest BCUT2D eigenvalue weighted by molar-refractivity contribution is 6.31. The van der Waals surface area contributed by atoms with Crippen molar-refractivity contribution in [1.82, 2.24) is 0 Å². The Bertz CT molecular complexity index is 713. The number of nitriles is 1. The number of rotatable bonds is 4. The van der Waals surface area contributed by atoms with Gasteiger partial charge in [0.2, 0.25) is 0 Å². The zero-order valence-electron chi connectivity index (χ0n) is 10.8. The van der Waals surface area contributed by atoms with Gasteiger partial charge < -0.3 is 10.1 Å². The van der Waals surface area contributed by atoms with E-state index in [9.17, 15) is 9.18 Å². The minimum absolute atomic E-state index is 0.0969. The summed E-state index contributed by atoms with van der Waals surface area (Å²) in [6, 6.07) is 12.0. The first-order valence-corrected chi connectivity index (χ1v) is 6.34. The Kier molecular flexibility index (Phi) is 4.75. The fourth-order valence-electron chi connectivity index (χ4n) is 1.65. The molecule has 1 N–H and O–H groups in total. The Morgan fingerprint density at radius 3 is 2.90 bits per heavy atom. The SMILES string of the molecule is N#CCOc1cccc(NC(=O)c2cc(Cl)ccc2F)c1. The molecule has 0 aliphatic heterocycles. The van der Waals surface area contributed by atoms with Crippen LogP contribution in [0, 0.1) is 17.1 Å². The molecule has 0 aliphatic carbocycles. The van der Waals surface area contributed by atoms with Crippen LogP contribution in [0.4, 0.5) is 10.1 Å². The zero-order chi connectivity index (χ0) is 15.2. The van der Waals surface area contributed by atoms with Crippen LogP contribution in [0.2, 0.25) is 5.02 Å². The monoisotopic (exact) mass is 304 g/mol. The maximum atomic E-state index is 13.6. The Balaban J connectivity index is 2.16. The fraction of sp³-hybridized carbons (Fsp3) is 0.0667. The van der Waals surface area contributed by atoms with Crippen molar-refractivity contribution in [1.29, 1.82) is 5.26 Å². The van der Waals surface area contributed by atoms with Crippen LogP contribution in [-0.4, -0.2) is 12.5 Å². The molecule has 0 heterocycles. The molecule has 0 aromatic heterocycles. The summed E-state index contributed by atoms with van der Waals surface area (Å²) < 4.78 is 18.7. The number of amides is 1. The van der Waals surface area contributed by atoms with Crippen LogP contribution in [0.5, 0.6) is 5.75 Å². The molecule has 4 nitrogen and oxygen atoms in total. The van der Waals surface area contributed by atoms with Crippen LogP contribution >= 0.6 is 11.6 Å². The molecule has 2 aromatic carbocycles. The standard InChI is InChI=1S/C15H10ClFN2O2/c16-10-4-5-14(17)13(8-10)15(20)19-11-2-1-3-12(9-11)21-7-6-18/h1-5,8-9H,7H2,(H,19,20). The number of hydrogen-bond donors (Lipinski definition) is 1. The number of nitrogens with zero attached hydrogens (tertiary/aromatic N) is 1. The second-order valence-electron chi connectivity index (χ2n) is 4.05. The van der Waals surface area contributed by atoms with Gasteiger partial charge in [0.15, 0.2) is 6.61 Å². The van der Waals surface area contributed by atoms with Crippen LogP contribution in [0.3, 0.4) is 0 Å². The first-order chi connectivity index (χ1) is 10.1. The van der Waals surface area contributed by atoms with Crippen molar-refractivity contribution >= 4 is 23.2 Å². The highest BCUT2D eigenvalue weighted by Gasteiger charge is 2.12. The van der Waals surface area contributed by atoms with Crippen LogP contribution in [0.25, 0.3) is 0 Å². The molecule has 0 unspecified atom stereocenters. The average molecular weight is 305 g/mol. The Labute approximate surface area is 125 Å². The van der Waals surface area contributed by atoms with E-state index in [2.05, 4.69) is 5.32 Å². The summed E-state index contributed by atoms with van der Waals surface area (Å²) in [5.41, 5.74) is 0.278. The van der Waals surface area contributed by atoms with E-state index >= 15 is 0 Å². The van der Waals surface area contributed by atoms with Gasteiger partial charge in [-0.15, -0.1) is 0 Å². The third-order valence-electron chi connectivity index (χ3n) is 2.57. The summed E-state index contributed by atoms with van der Waals surface area (Å²) >= 11 is 5.75. The van der Waals surface area contributed by atoms with Gasteiger partial charge in [0.25, 0.3) is 5.91 Å². The summed E-state index contributed by atoms with van der Waals surface area (Å²) in [6.07, 6.45) is 0. The lowest BCUT2D eigenvalue weighted by molar-refractivity contribution is 0.102. The van der Waals surface area contributed by atoms with Crippen molar-refractivity contribution in [3.8, 4) is 11.8 Å². The fourth-order valence-corrected chi connectivity index (χ4v) is 1.82. The molecule has 0 fully saturated rings. The topological polar surface area (TPSA) is 62.1 Å². The smallest absolute Gasteiger partial charge is 0.258 e. The highest BCUT2D eigenvalue weighted by Crippen LogP contribution is 2.20. The molecule has 21 heavy (non-hydrogen) atoms. The van der Waals surface area contributed by atoms with Crippen molar-refractivity contribution in [2.45, 2.75) is 0 Å². The summed E-state index contributed by atoms with van der Waals surface area (Å²) in [5.74, 6) is -0.845. The Morgan fingerprint density at radius 1 is 1.33 bits per heavy atom. The van der Waals surface area contributed by atoms with Gasteiger partial charge in [0.05, 0.1) is 5.56 Å². The van der Waals surface area contributed by atoms with E-state index in [1.165, 1.54) is 18.2 Å². The predicted octanol–water partition coefficient (Wildman–Crippen LogP) is 3.63. The van der Waals surface area contributed by atoms with Gasteiger partial charge in [-0.3, -0.25) is 4.79 Å². The van der Waals surface area contributed by atoms with Gasteiger partial charge in [-0.05, 0) is 30.3 Å². The van der Waals surface area contributed by atoms with Gasteiger partial charge in [-0.25, -0.2) is 4.39 Å². The number of halogens is 2. The predicted molar refractivity (Wildman–Crippen MR) is 76.9 cm³/mol. The zero-order valence-corrected chi connectivity index (χ0v) is 11.5. The van der Waals surface area contributed by atoms with E-state index in [0.717, 1.165) is 6.07 Å². The number of ether oxygens (including phenoxy) is 1. The highest BCUT2D eigenvalue weighted by atomic mass is 35.5. The quantitative estimate of drug-likeness (QED) is 0.938. The summed E-state index contributed by atoms with van der Waals surface area (Å²) in [5, 5.41) is 11.3. The molecule has 1 amide bonds. The first-order valence-electron chi connectivity index (χ1n) is 5.96. The van der Waals surface area contributed by atoms with Crippen LogP contribution in [0.15, 0.2) is 42.5 Å². The van der Waals surface area contributed by atoms with E-state index in [0.29, 0.717) is 11.4 Å². The third-order valence-corrected chi connectivity index (χ3v) is 2.80. The molecule has 0 radical (unpaired) electrons. The maximum absolute atomic E-state index is 13.6. The van der Waals surface area contributed by atoms with Crippen LogP contribution < -0.4 is 10.1 Å². The van der Waals surface area contributed by atoms with Crippen molar-refractivity contribution < 1.29 is 13.9 Å². The second-order valence-corrected chi connectivity index (χ2v) is 4.49. The van der Waals surface area contributed by atoms with Gasteiger partial charge in [0.1, 0.15) is 17.6 Å². The van der Waals surface area contributed by atoms with Crippen molar-refractivity contribution in [3.05, 3.63) is 58.9 Å². The van der Waals surface area contributed by atoms with Gasteiger partial charge in [-0.1, -0.05) is 17.7 Å². The largest absolute Gasteiger partial charge is 0.479 e. The molecule has 0 aliphatic rings. The summed E-state index contributed by atoms with van der Waals surface area (Å²) in [4.78, 5) is 12.0. The van der Waals surface area contributed by atoms with E-state index in [1.54, 1.807) is 18.2 Å². The number of carbonyl (C=O) groups is 1. The number of benzene rings is 2. The van der Waals surface area contributed by atoms with E-state index < -0.39 is 11.7 Å². The number of anilines is 1. The molecule has 2 aromatic rings. The van der Waals surface area contributed by atoms with E-state index in [4.69, 9.17) is 21.6 Å². The Morgan fingerprint density at radius 2 is 2.14 bits per heavy atom. The van der Waals surface area contributed by atoms with Crippen molar-refractivity contribution in [3.63, 3.8) is 0 Å². The Hall–Kier alpha value is -2.58. The van der Waals surface area contributed by atoms with Crippen LogP contribution in [0.1, 0.15) is 10.4 Å². The number of carbonyl (C=O) groups excluding carboxylic acids is 1. The lowest BCUT2D eigenvalue weighted by atomic mass is 10.2. The lowest BCUT2D eigenvalue weighted by Gasteiger charge is -2.08. The maximum Gasteiger partial charge on any atom is 0.258 e. The van der Waals surface area contributed by atoms with Crippen LogP contribution in [-0.2, 0) is 0 Å². The minimum Gasteiger partial charge on any atom is -0.479 e. The van der Waals surface area contributed by atoms with E-state index in [-0.39, 0.29) is 17.2 Å². The number of hydrogen-bond acceptors (Lipinski definition) is 3. The minimum atomic E-state index is -0.659. The molecule has 0 bridgehead atoms. The van der Waals surface area contributed by atoms with Crippen molar-refractivity contribution in [2.75, 3.05) is 11.9 Å². The van der Waals surface area contributed by atoms with Crippen molar-refractivity contribution in [2.24, 2.45) is 0 Å². The van der Waals surface area contributed by atoms with E-state index in [1.807, 2.05) is 6.07 Å². The number of nitrogens with one attached hydrogen (secondary N) is 1. The molecule has 2 rings (SSSR count). The lowest BCUT2D eigenvalue weighted by Crippen LogP contribution is -2.13. The third kappa shape index (κ3) is 3.94. The molecular weight excluding hydrogens is 295 g/mol. The molecule has 6 heteroatoms. The summed E-state index contributed by atoms with van der Waals surface area (Å²) in [6.45, 7) is -0.0969. The summed E-state index contributed by atoms with van der Waals surface area (Å²) in [7, 11) is 0. The average Bonchev–Trinajstić information content (AvgIpc) is 2.48.